The average Bonchev–Trinajstić information content (AvgIpc) is 2.92. The van der Waals surface area contributed by atoms with Gasteiger partial charge in [-0.15, -0.1) is 0 Å². The van der Waals surface area contributed by atoms with Crippen LogP contribution in [0, 0.1) is 11.8 Å². The zero-order chi connectivity index (χ0) is 12.8. The monoisotopic (exact) mass is 364 g/mol. The lowest BCUT2D eigenvalue weighted by Gasteiger charge is -2.39. The highest BCUT2D eigenvalue weighted by atomic mass is 127. The van der Waals surface area contributed by atoms with Gasteiger partial charge in [0, 0.05) is 4.43 Å². The molecule has 0 saturated heterocycles. The van der Waals surface area contributed by atoms with Gasteiger partial charge in [0.1, 0.15) is 0 Å². The molecule has 0 aromatic carbocycles. The Morgan fingerprint density at radius 2 is 1.72 bits per heavy atom. The molecule has 0 heterocycles. The van der Waals surface area contributed by atoms with E-state index < -0.39 is 0 Å². The first kappa shape index (κ1) is 15.1. The summed E-state index contributed by atoms with van der Waals surface area (Å²) in [6.45, 7) is 3.36. The molecule has 0 radical (unpaired) electrons. The Bertz CT molecular complexity index is 227. The van der Waals surface area contributed by atoms with Crippen molar-refractivity contribution in [3.63, 3.8) is 0 Å². The minimum Gasteiger partial charge on any atom is -0.374 e. The van der Waals surface area contributed by atoms with E-state index in [1.807, 2.05) is 0 Å². The van der Waals surface area contributed by atoms with Gasteiger partial charge in [-0.3, -0.25) is 0 Å². The van der Waals surface area contributed by atoms with Crippen LogP contribution in [-0.4, -0.2) is 16.6 Å². The van der Waals surface area contributed by atoms with Gasteiger partial charge in [-0.1, -0.05) is 55.2 Å². The zero-order valence-corrected chi connectivity index (χ0v) is 14.1. The summed E-state index contributed by atoms with van der Waals surface area (Å²) in [5, 5.41) is 0. The second-order valence-electron chi connectivity index (χ2n) is 6.51. The van der Waals surface area contributed by atoms with E-state index in [1.165, 1.54) is 68.6 Å². The van der Waals surface area contributed by atoms with Gasteiger partial charge < -0.3 is 4.74 Å². The second-order valence-corrected chi connectivity index (χ2v) is 7.27. The molecule has 2 saturated carbocycles. The molecule has 0 aliphatic heterocycles. The Morgan fingerprint density at radius 1 is 1.06 bits per heavy atom. The van der Waals surface area contributed by atoms with Crippen LogP contribution in [0.15, 0.2) is 0 Å². The van der Waals surface area contributed by atoms with Gasteiger partial charge in [-0.05, 0) is 50.4 Å². The summed E-state index contributed by atoms with van der Waals surface area (Å²) in [6, 6.07) is 0. The van der Waals surface area contributed by atoms with E-state index in [2.05, 4.69) is 29.5 Å². The third kappa shape index (κ3) is 4.09. The van der Waals surface area contributed by atoms with Gasteiger partial charge in [-0.25, -0.2) is 0 Å². The summed E-state index contributed by atoms with van der Waals surface area (Å²) in [5.74, 6) is 1.86. The van der Waals surface area contributed by atoms with Crippen molar-refractivity contribution in [3.05, 3.63) is 0 Å². The normalized spacial score (nSPS) is 34.0. The highest BCUT2D eigenvalue weighted by molar-refractivity contribution is 14.1. The fraction of sp³-hybridized carbons (Fsp3) is 1.00. The van der Waals surface area contributed by atoms with Gasteiger partial charge in [0.15, 0.2) is 0 Å². The summed E-state index contributed by atoms with van der Waals surface area (Å²) < 4.78 is 7.61. The number of alkyl halides is 1. The van der Waals surface area contributed by atoms with E-state index in [1.54, 1.807) is 0 Å². The van der Waals surface area contributed by atoms with Gasteiger partial charge in [0.2, 0.25) is 0 Å². The molecule has 0 spiro atoms. The molecule has 0 bridgehead atoms. The summed E-state index contributed by atoms with van der Waals surface area (Å²) in [4.78, 5) is 0. The number of ether oxygens (including phenoxy) is 1. The van der Waals surface area contributed by atoms with Crippen LogP contribution in [0.25, 0.3) is 0 Å². The van der Waals surface area contributed by atoms with Crippen molar-refractivity contribution < 1.29 is 4.74 Å². The van der Waals surface area contributed by atoms with E-state index >= 15 is 0 Å². The third-order valence-electron chi connectivity index (χ3n) is 5.06. The van der Waals surface area contributed by atoms with Gasteiger partial charge >= 0.3 is 0 Å². The smallest absolute Gasteiger partial charge is 0.0771 e. The van der Waals surface area contributed by atoms with E-state index in [9.17, 15) is 0 Å². The molecular formula is C16H29IO. The molecule has 0 unspecified atom stereocenters. The largest absolute Gasteiger partial charge is 0.374 e. The molecule has 2 heteroatoms. The molecule has 106 valence electrons. The van der Waals surface area contributed by atoms with Crippen LogP contribution in [0.4, 0.5) is 0 Å². The second kappa shape index (κ2) is 7.47. The van der Waals surface area contributed by atoms with Crippen molar-refractivity contribution in [2.24, 2.45) is 11.8 Å². The predicted octanol–water partition coefficient (Wildman–Crippen LogP) is 5.36. The Kier molecular flexibility index (Phi) is 6.26. The van der Waals surface area contributed by atoms with E-state index in [0.717, 1.165) is 18.4 Å². The molecule has 2 fully saturated rings. The first-order valence-corrected chi connectivity index (χ1v) is 9.50. The Balaban J connectivity index is 1.76. The predicted molar refractivity (Wildman–Crippen MR) is 86.4 cm³/mol. The topological polar surface area (TPSA) is 9.23 Å². The van der Waals surface area contributed by atoms with Crippen molar-refractivity contribution in [1.29, 1.82) is 0 Å². The summed E-state index contributed by atoms with van der Waals surface area (Å²) in [5.41, 5.74) is 0.243. The lowest BCUT2D eigenvalue weighted by atomic mass is 9.78. The van der Waals surface area contributed by atoms with Crippen LogP contribution in [0.1, 0.15) is 71.1 Å². The van der Waals surface area contributed by atoms with Crippen molar-refractivity contribution in [2.45, 2.75) is 76.7 Å². The van der Waals surface area contributed by atoms with Gasteiger partial charge in [-0.2, -0.15) is 0 Å². The molecule has 2 aliphatic rings. The summed E-state index contributed by atoms with van der Waals surface area (Å²) in [6.07, 6.45) is 13.9. The van der Waals surface area contributed by atoms with E-state index in [-0.39, 0.29) is 5.60 Å². The van der Waals surface area contributed by atoms with Crippen molar-refractivity contribution >= 4 is 22.6 Å². The minimum atomic E-state index is 0.243. The highest BCUT2D eigenvalue weighted by Crippen LogP contribution is 2.39. The average molecular weight is 364 g/mol. The Hall–Kier alpha value is 0.690. The molecule has 0 aromatic rings. The number of hydrogen-bond donors (Lipinski definition) is 0. The summed E-state index contributed by atoms with van der Waals surface area (Å²) >= 11 is 2.55. The fourth-order valence-corrected chi connectivity index (χ4v) is 4.67. The fourth-order valence-electron chi connectivity index (χ4n) is 3.69. The SMILES string of the molecule is CCCC1CCC(CI)(OCC2CCCC2)CC1. The quantitative estimate of drug-likeness (QED) is 0.456. The maximum atomic E-state index is 6.42. The van der Waals surface area contributed by atoms with Crippen LogP contribution in [0.2, 0.25) is 0 Å². The minimum absolute atomic E-state index is 0.243. The Morgan fingerprint density at radius 3 is 2.28 bits per heavy atom. The molecule has 1 nitrogen and oxygen atoms in total. The van der Waals surface area contributed by atoms with Crippen LogP contribution in [0.3, 0.4) is 0 Å². The third-order valence-corrected chi connectivity index (χ3v) is 6.45. The summed E-state index contributed by atoms with van der Waals surface area (Å²) in [7, 11) is 0. The molecule has 0 atom stereocenters. The van der Waals surface area contributed by atoms with E-state index in [4.69, 9.17) is 4.74 Å². The lowest BCUT2D eigenvalue weighted by Crippen LogP contribution is -2.40. The van der Waals surface area contributed by atoms with Gasteiger partial charge in [0.25, 0.3) is 0 Å². The molecule has 0 N–H and O–H groups in total. The van der Waals surface area contributed by atoms with Gasteiger partial charge in [0.05, 0.1) is 12.2 Å². The molecule has 18 heavy (non-hydrogen) atoms. The first-order chi connectivity index (χ1) is 8.78. The van der Waals surface area contributed by atoms with Crippen molar-refractivity contribution in [3.8, 4) is 0 Å². The molecule has 0 amide bonds. The lowest BCUT2D eigenvalue weighted by molar-refractivity contribution is -0.0721. The maximum absolute atomic E-state index is 6.42. The molecule has 2 aliphatic carbocycles. The highest BCUT2D eigenvalue weighted by Gasteiger charge is 2.35. The molecule has 0 aromatic heterocycles. The first-order valence-electron chi connectivity index (χ1n) is 7.98. The van der Waals surface area contributed by atoms with Crippen LogP contribution < -0.4 is 0 Å². The van der Waals surface area contributed by atoms with E-state index in [0.29, 0.717) is 0 Å². The van der Waals surface area contributed by atoms with Crippen LogP contribution in [-0.2, 0) is 4.74 Å². The number of hydrogen-bond acceptors (Lipinski definition) is 1. The van der Waals surface area contributed by atoms with Crippen molar-refractivity contribution in [1.82, 2.24) is 0 Å². The number of rotatable bonds is 6. The number of halogens is 1. The van der Waals surface area contributed by atoms with Crippen LogP contribution >= 0.6 is 22.6 Å². The molecule has 2 rings (SSSR count). The maximum Gasteiger partial charge on any atom is 0.0771 e. The van der Waals surface area contributed by atoms with Crippen molar-refractivity contribution in [2.75, 3.05) is 11.0 Å². The standard InChI is InChI=1S/C16H29IO/c1-2-5-14-8-10-16(13-17,11-9-14)18-12-15-6-3-4-7-15/h14-15H,2-13H2,1H3. The zero-order valence-electron chi connectivity index (χ0n) is 11.9. The molecular weight excluding hydrogens is 335 g/mol. The Labute approximate surface area is 127 Å². The van der Waals surface area contributed by atoms with Crippen LogP contribution in [0.5, 0.6) is 0 Å².